The van der Waals surface area contributed by atoms with Crippen LogP contribution in [-0.4, -0.2) is 29.0 Å². The normalized spacial score (nSPS) is 10.8. The molecule has 0 saturated carbocycles. The van der Waals surface area contributed by atoms with Crippen molar-refractivity contribution in [3.63, 3.8) is 0 Å². The smallest absolute Gasteiger partial charge is 0.307 e. The Balaban J connectivity index is 1.94. The van der Waals surface area contributed by atoms with Gasteiger partial charge in [-0.25, -0.2) is 0 Å². The molecule has 5 heteroatoms. The Bertz CT molecular complexity index is 526. The second-order valence-electron chi connectivity index (χ2n) is 4.71. The number of aromatic nitrogens is 1. The maximum atomic E-state index is 11.5. The number of furan rings is 1. The number of ether oxygens (including phenoxy) is 1. The predicted molar refractivity (Wildman–Crippen MR) is 78.3 cm³/mol. The minimum Gasteiger partial charge on any atom is -0.468 e. The average Bonchev–Trinajstić information content (AvgIpc) is 2.99. The van der Waals surface area contributed by atoms with Gasteiger partial charge in [0.25, 0.3) is 0 Å². The lowest BCUT2D eigenvalue weighted by Gasteiger charge is -2.20. The summed E-state index contributed by atoms with van der Waals surface area (Å²) in [5.41, 5.74) is 1.10. The molecule has 0 aliphatic rings. The number of hydrogen-bond donors (Lipinski definition) is 0. The summed E-state index contributed by atoms with van der Waals surface area (Å²) in [5.74, 6) is 0.705. The van der Waals surface area contributed by atoms with Gasteiger partial charge in [-0.3, -0.25) is 14.7 Å². The first kappa shape index (κ1) is 15.3. The average molecular weight is 288 g/mol. The molecular weight excluding hydrogens is 268 g/mol. The van der Waals surface area contributed by atoms with E-state index in [4.69, 9.17) is 9.15 Å². The number of hydrogen-bond acceptors (Lipinski definition) is 5. The standard InChI is InChI=1S/C16H20N2O3/c1-2-20-16(19)7-9-18(13-15-6-4-10-21-15)12-14-5-3-8-17-11-14/h3-6,8,10-11H,2,7,9,12-13H2,1H3. The van der Waals surface area contributed by atoms with E-state index in [1.807, 2.05) is 37.4 Å². The molecule has 0 fully saturated rings. The maximum absolute atomic E-state index is 11.5. The van der Waals surface area contributed by atoms with Crippen molar-refractivity contribution in [2.24, 2.45) is 0 Å². The highest BCUT2D eigenvalue weighted by Gasteiger charge is 2.12. The van der Waals surface area contributed by atoms with E-state index in [-0.39, 0.29) is 5.97 Å². The van der Waals surface area contributed by atoms with Crippen LogP contribution in [0.4, 0.5) is 0 Å². The molecule has 2 heterocycles. The van der Waals surface area contributed by atoms with E-state index in [2.05, 4.69) is 9.88 Å². The third kappa shape index (κ3) is 5.39. The van der Waals surface area contributed by atoms with Crippen LogP contribution in [-0.2, 0) is 22.6 Å². The fraction of sp³-hybridized carbons (Fsp3) is 0.375. The van der Waals surface area contributed by atoms with Crippen LogP contribution >= 0.6 is 0 Å². The molecule has 0 amide bonds. The van der Waals surface area contributed by atoms with Gasteiger partial charge in [-0.1, -0.05) is 6.07 Å². The lowest BCUT2D eigenvalue weighted by atomic mass is 10.2. The van der Waals surface area contributed by atoms with Crippen molar-refractivity contribution >= 4 is 5.97 Å². The van der Waals surface area contributed by atoms with Gasteiger partial charge in [-0.15, -0.1) is 0 Å². The Kier molecular flexibility index (Phi) is 5.97. The van der Waals surface area contributed by atoms with E-state index in [1.54, 1.807) is 12.5 Å². The molecule has 5 nitrogen and oxygen atoms in total. The van der Waals surface area contributed by atoms with Gasteiger partial charge in [0.05, 0.1) is 25.8 Å². The Hall–Kier alpha value is -2.14. The molecule has 112 valence electrons. The van der Waals surface area contributed by atoms with E-state index in [9.17, 15) is 4.79 Å². The fourth-order valence-corrected chi connectivity index (χ4v) is 2.07. The minimum atomic E-state index is -0.173. The van der Waals surface area contributed by atoms with Crippen LogP contribution in [0, 0.1) is 0 Å². The number of carbonyl (C=O) groups is 1. The molecule has 0 atom stereocenters. The molecule has 0 spiro atoms. The zero-order valence-electron chi connectivity index (χ0n) is 12.2. The second kappa shape index (κ2) is 8.21. The molecule has 2 rings (SSSR count). The topological polar surface area (TPSA) is 55.6 Å². The molecular formula is C16H20N2O3. The van der Waals surface area contributed by atoms with Crippen molar-refractivity contribution < 1.29 is 13.9 Å². The summed E-state index contributed by atoms with van der Waals surface area (Å²) in [5, 5.41) is 0. The van der Waals surface area contributed by atoms with Gasteiger partial charge in [0.1, 0.15) is 5.76 Å². The SMILES string of the molecule is CCOC(=O)CCN(Cc1cccnc1)Cc1ccco1. The number of rotatable bonds is 8. The summed E-state index contributed by atoms with van der Waals surface area (Å²) in [7, 11) is 0. The Labute approximate surface area is 124 Å². The van der Waals surface area contributed by atoms with Crippen molar-refractivity contribution in [3.8, 4) is 0 Å². The van der Waals surface area contributed by atoms with Gasteiger partial charge in [0.15, 0.2) is 0 Å². The van der Waals surface area contributed by atoms with Crippen molar-refractivity contribution in [3.05, 3.63) is 54.2 Å². The summed E-state index contributed by atoms with van der Waals surface area (Å²) in [4.78, 5) is 17.8. The minimum absolute atomic E-state index is 0.173. The van der Waals surface area contributed by atoms with Gasteiger partial charge in [-0.2, -0.15) is 0 Å². The van der Waals surface area contributed by atoms with E-state index >= 15 is 0 Å². The maximum Gasteiger partial charge on any atom is 0.307 e. The van der Waals surface area contributed by atoms with E-state index < -0.39 is 0 Å². The summed E-state index contributed by atoms with van der Waals surface area (Å²) in [6.07, 6.45) is 5.61. The van der Waals surface area contributed by atoms with E-state index in [1.165, 1.54) is 0 Å². The largest absolute Gasteiger partial charge is 0.468 e. The third-order valence-electron chi connectivity index (χ3n) is 3.03. The summed E-state index contributed by atoms with van der Waals surface area (Å²) >= 11 is 0. The summed E-state index contributed by atoms with van der Waals surface area (Å²) in [6, 6.07) is 7.72. The van der Waals surface area contributed by atoms with Crippen LogP contribution in [0.25, 0.3) is 0 Å². The number of pyridine rings is 1. The zero-order valence-corrected chi connectivity index (χ0v) is 12.2. The first-order valence-electron chi connectivity index (χ1n) is 7.07. The molecule has 0 radical (unpaired) electrons. The van der Waals surface area contributed by atoms with Gasteiger partial charge >= 0.3 is 5.97 Å². The van der Waals surface area contributed by atoms with Gasteiger partial charge in [-0.05, 0) is 30.7 Å². The number of carbonyl (C=O) groups excluding carboxylic acids is 1. The quantitative estimate of drug-likeness (QED) is 0.699. The lowest BCUT2D eigenvalue weighted by Crippen LogP contribution is -2.26. The molecule has 2 aromatic heterocycles. The van der Waals surface area contributed by atoms with Gasteiger partial charge < -0.3 is 9.15 Å². The molecule has 2 aromatic rings. The van der Waals surface area contributed by atoms with E-state index in [0.717, 1.165) is 11.3 Å². The first-order valence-corrected chi connectivity index (χ1v) is 7.07. The van der Waals surface area contributed by atoms with Crippen LogP contribution in [0.3, 0.4) is 0 Å². The molecule has 0 bridgehead atoms. The molecule has 0 aliphatic carbocycles. The van der Waals surface area contributed by atoms with Crippen LogP contribution in [0.5, 0.6) is 0 Å². The lowest BCUT2D eigenvalue weighted by molar-refractivity contribution is -0.143. The van der Waals surface area contributed by atoms with Crippen LogP contribution in [0.1, 0.15) is 24.7 Å². The summed E-state index contributed by atoms with van der Waals surface area (Å²) in [6.45, 7) is 4.22. The molecule has 0 aliphatic heterocycles. The highest BCUT2D eigenvalue weighted by Crippen LogP contribution is 2.10. The Morgan fingerprint density at radius 1 is 1.33 bits per heavy atom. The van der Waals surface area contributed by atoms with Gasteiger partial charge in [0, 0.05) is 25.5 Å². The van der Waals surface area contributed by atoms with Crippen molar-refractivity contribution in [2.45, 2.75) is 26.4 Å². The number of esters is 1. The van der Waals surface area contributed by atoms with Crippen LogP contribution in [0.15, 0.2) is 47.3 Å². The molecule has 0 saturated heterocycles. The van der Waals surface area contributed by atoms with Crippen LogP contribution in [0.2, 0.25) is 0 Å². The molecule has 0 aromatic carbocycles. The van der Waals surface area contributed by atoms with E-state index in [0.29, 0.717) is 32.7 Å². The third-order valence-corrected chi connectivity index (χ3v) is 3.03. The van der Waals surface area contributed by atoms with Gasteiger partial charge in [0.2, 0.25) is 0 Å². The second-order valence-corrected chi connectivity index (χ2v) is 4.71. The van der Waals surface area contributed by atoms with Crippen LogP contribution < -0.4 is 0 Å². The fourth-order valence-electron chi connectivity index (χ4n) is 2.07. The van der Waals surface area contributed by atoms with Crippen molar-refractivity contribution in [1.29, 1.82) is 0 Å². The zero-order chi connectivity index (χ0) is 14.9. The monoisotopic (exact) mass is 288 g/mol. The predicted octanol–water partition coefficient (Wildman–Crippen LogP) is 2.63. The summed E-state index contributed by atoms with van der Waals surface area (Å²) < 4.78 is 10.4. The Morgan fingerprint density at radius 3 is 2.90 bits per heavy atom. The number of nitrogens with zero attached hydrogens (tertiary/aromatic N) is 2. The molecule has 0 unspecified atom stereocenters. The molecule has 21 heavy (non-hydrogen) atoms. The first-order chi connectivity index (χ1) is 10.3. The highest BCUT2D eigenvalue weighted by atomic mass is 16.5. The molecule has 0 N–H and O–H groups in total. The van der Waals surface area contributed by atoms with Crippen molar-refractivity contribution in [2.75, 3.05) is 13.2 Å². The Morgan fingerprint density at radius 2 is 2.24 bits per heavy atom. The van der Waals surface area contributed by atoms with Crippen molar-refractivity contribution in [1.82, 2.24) is 9.88 Å². The highest BCUT2D eigenvalue weighted by molar-refractivity contribution is 5.69.